The molecule has 2 aromatic rings. The Kier molecular flexibility index (Phi) is 7.20. The van der Waals surface area contributed by atoms with Crippen molar-refractivity contribution in [2.75, 3.05) is 5.75 Å². The lowest BCUT2D eigenvalue weighted by Crippen LogP contribution is -2.22. The summed E-state index contributed by atoms with van der Waals surface area (Å²) in [7, 11) is 0. The zero-order valence-electron chi connectivity index (χ0n) is 18.0. The monoisotopic (exact) mass is 448 g/mol. The Bertz CT molecular complexity index is 966. The second kappa shape index (κ2) is 9.51. The van der Waals surface area contributed by atoms with Crippen molar-refractivity contribution in [2.24, 2.45) is 5.92 Å². The van der Waals surface area contributed by atoms with Gasteiger partial charge in [-0.25, -0.2) is 0 Å². The molecule has 0 saturated heterocycles. The Morgan fingerprint density at radius 2 is 1.61 bits per heavy atom. The minimum Gasteiger partial charge on any atom is -0.512 e. The second-order valence-corrected chi connectivity index (χ2v) is 9.11. The molecule has 1 aliphatic rings. The maximum absolute atomic E-state index is 13.1. The van der Waals surface area contributed by atoms with Crippen molar-refractivity contribution in [1.82, 2.24) is 0 Å². The molecule has 2 aromatic carbocycles. The molecule has 0 fully saturated rings. The maximum atomic E-state index is 13.1. The van der Waals surface area contributed by atoms with Crippen LogP contribution in [-0.4, -0.2) is 16.6 Å². The van der Waals surface area contributed by atoms with Gasteiger partial charge in [0.15, 0.2) is 5.78 Å². The SMILES string of the molecule is CCc1cc(C)cc(CC)c1C1=C(O)CC(CSc2ccc(C(F)(F)F)cc2)CC1=O. The summed E-state index contributed by atoms with van der Waals surface area (Å²) in [5, 5.41) is 10.8. The number of rotatable bonds is 6. The fourth-order valence-corrected chi connectivity index (χ4v) is 5.14. The molecule has 0 amide bonds. The molecule has 1 aliphatic carbocycles. The van der Waals surface area contributed by atoms with E-state index in [0.717, 1.165) is 52.1 Å². The first-order chi connectivity index (χ1) is 14.6. The van der Waals surface area contributed by atoms with Gasteiger partial charge in [0.05, 0.1) is 11.1 Å². The van der Waals surface area contributed by atoms with Crippen LogP contribution in [0.1, 0.15) is 54.5 Å². The third kappa shape index (κ3) is 5.35. The number of halogens is 3. The van der Waals surface area contributed by atoms with Crippen molar-refractivity contribution in [3.8, 4) is 0 Å². The van der Waals surface area contributed by atoms with Crippen LogP contribution in [0.15, 0.2) is 47.1 Å². The smallest absolute Gasteiger partial charge is 0.416 e. The van der Waals surface area contributed by atoms with E-state index in [2.05, 4.69) is 12.1 Å². The molecule has 0 aromatic heterocycles. The molecule has 0 bridgehead atoms. The number of aliphatic hydroxyl groups is 1. The van der Waals surface area contributed by atoms with Crippen molar-refractivity contribution < 1.29 is 23.1 Å². The number of hydrogen-bond donors (Lipinski definition) is 1. The number of hydrogen-bond acceptors (Lipinski definition) is 3. The standard InChI is InChI=1S/C25H27F3O2S/c1-4-17-10-15(3)11-18(5-2)23(17)24-21(29)12-16(13-22(24)30)14-31-20-8-6-19(7-9-20)25(26,27)28/h6-11,16,29H,4-5,12-14H2,1-3H3. The maximum Gasteiger partial charge on any atom is 0.416 e. The van der Waals surface area contributed by atoms with Crippen LogP contribution in [0.25, 0.3) is 5.57 Å². The minimum atomic E-state index is -4.35. The molecular formula is C25H27F3O2S. The van der Waals surface area contributed by atoms with E-state index in [4.69, 9.17) is 0 Å². The quantitative estimate of drug-likeness (QED) is 0.476. The van der Waals surface area contributed by atoms with Crippen molar-refractivity contribution in [2.45, 2.75) is 57.5 Å². The predicted molar refractivity (Wildman–Crippen MR) is 119 cm³/mol. The zero-order valence-corrected chi connectivity index (χ0v) is 18.8. The molecule has 1 N–H and O–H groups in total. The molecular weight excluding hydrogens is 421 g/mol. The number of aliphatic hydroxyl groups excluding tert-OH is 1. The fraction of sp³-hybridized carbons (Fsp3) is 0.400. The van der Waals surface area contributed by atoms with E-state index in [1.165, 1.54) is 23.9 Å². The predicted octanol–water partition coefficient (Wildman–Crippen LogP) is 7.18. The lowest BCUT2D eigenvalue weighted by Gasteiger charge is -2.26. The van der Waals surface area contributed by atoms with E-state index in [0.29, 0.717) is 24.2 Å². The van der Waals surface area contributed by atoms with Gasteiger partial charge in [0.25, 0.3) is 0 Å². The van der Waals surface area contributed by atoms with Crippen LogP contribution in [0.3, 0.4) is 0 Å². The number of ketones is 1. The summed E-state index contributed by atoms with van der Waals surface area (Å²) in [6, 6.07) is 9.20. The molecule has 0 heterocycles. The average Bonchev–Trinajstić information content (AvgIpc) is 2.71. The highest BCUT2D eigenvalue weighted by Gasteiger charge is 2.32. The first-order valence-corrected chi connectivity index (χ1v) is 11.5. The molecule has 2 nitrogen and oxygen atoms in total. The third-order valence-corrected chi connectivity index (χ3v) is 6.89. The Balaban J connectivity index is 1.78. The van der Waals surface area contributed by atoms with Crippen LogP contribution in [0.4, 0.5) is 13.2 Å². The van der Waals surface area contributed by atoms with Gasteiger partial charge in [-0.2, -0.15) is 13.2 Å². The first kappa shape index (κ1) is 23.5. The topological polar surface area (TPSA) is 37.3 Å². The molecule has 1 unspecified atom stereocenters. The highest BCUT2D eigenvalue weighted by atomic mass is 32.2. The number of aryl methyl sites for hydroxylation is 3. The van der Waals surface area contributed by atoms with Crippen molar-refractivity contribution in [3.05, 3.63) is 70.0 Å². The molecule has 1 atom stereocenters. The van der Waals surface area contributed by atoms with Crippen LogP contribution in [0.5, 0.6) is 0 Å². The van der Waals surface area contributed by atoms with E-state index >= 15 is 0 Å². The van der Waals surface area contributed by atoms with E-state index in [-0.39, 0.29) is 17.5 Å². The van der Waals surface area contributed by atoms with E-state index in [1.54, 1.807) is 0 Å². The summed E-state index contributed by atoms with van der Waals surface area (Å²) in [5.74, 6) is 0.575. The summed E-state index contributed by atoms with van der Waals surface area (Å²) in [5.41, 5.74) is 3.95. The van der Waals surface area contributed by atoms with Crippen molar-refractivity contribution in [3.63, 3.8) is 0 Å². The summed E-state index contributed by atoms with van der Waals surface area (Å²) in [6.07, 6.45) is -2.07. The summed E-state index contributed by atoms with van der Waals surface area (Å²) < 4.78 is 38.1. The van der Waals surface area contributed by atoms with Crippen molar-refractivity contribution in [1.29, 1.82) is 0 Å². The van der Waals surface area contributed by atoms with Crippen LogP contribution >= 0.6 is 11.8 Å². The van der Waals surface area contributed by atoms with Gasteiger partial charge in [-0.15, -0.1) is 11.8 Å². The average molecular weight is 449 g/mol. The summed E-state index contributed by atoms with van der Waals surface area (Å²) in [6.45, 7) is 6.13. The van der Waals surface area contributed by atoms with Crippen LogP contribution in [0.2, 0.25) is 0 Å². The zero-order chi connectivity index (χ0) is 22.8. The minimum absolute atomic E-state index is 0.0517. The summed E-state index contributed by atoms with van der Waals surface area (Å²) in [4.78, 5) is 13.8. The second-order valence-electron chi connectivity index (χ2n) is 8.02. The lowest BCUT2D eigenvalue weighted by atomic mass is 9.80. The Labute approximate surface area is 185 Å². The number of allylic oxidation sites excluding steroid dienone is 2. The number of Topliss-reactive ketones (excluding diaryl/α,β-unsaturated/α-hetero) is 1. The van der Waals surface area contributed by atoms with Gasteiger partial charge in [0.1, 0.15) is 5.76 Å². The third-order valence-electron chi connectivity index (χ3n) is 5.65. The number of thioether (sulfide) groups is 1. The van der Waals surface area contributed by atoms with E-state index in [9.17, 15) is 23.1 Å². The normalized spacial score (nSPS) is 17.4. The van der Waals surface area contributed by atoms with Gasteiger partial charge in [0.2, 0.25) is 0 Å². The lowest BCUT2D eigenvalue weighted by molar-refractivity contribution is -0.137. The number of carbonyl (C=O) groups is 1. The molecule has 0 radical (unpaired) electrons. The number of alkyl halides is 3. The molecule has 31 heavy (non-hydrogen) atoms. The van der Waals surface area contributed by atoms with Crippen LogP contribution < -0.4 is 0 Å². The molecule has 6 heteroatoms. The molecule has 0 saturated carbocycles. The Morgan fingerprint density at radius 3 is 2.10 bits per heavy atom. The highest BCUT2D eigenvalue weighted by Crippen LogP contribution is 2.38. The van der Waals surface area contributed by atoms with Gasteiger partial charge in [-0.05, 0) is 66.6 Å². The van der Waals surface area contributed by atoms with E-state index in [1.807, 2.05) is 20.8 Å². The van der Waals surface area contributed by atoms with Gasteiger partial charge in [-0.1, -0.05) is 31.5 Å². The number of benzene rings is 2. The van der Waals surface area contributed by atoms with Crippen molar-refractivity contribution >= 4 is 23.1 Å². The molecule has 166 valence electrons. The molecule has 0 spiro atoms. The number of carbonyl (C=O) groups excluding carboxylic acids is 1. The van der Waals surface area contributed by atoms with Gasteiger partial charge < -0.3 is 5.11 Å². The van der Waals surface area contributed by atoms with Gasteiger partial charge in [-0.3, -0.25) is 4.79 Å². The van der Waals surface area contributed by atoms with Crippen LogP contribution in [0, 0.1) is 12.8 Å². The molecule has 3 rings (SSSR count). The first-order valence-electron chi connectivity index (χ1n) is 10.5. The van der Waals surface area contributed by atoms with Gasteiger partial charge >= 0.3 is 6.18 Å². The van der Waals surface area contributed by atoms with E-state index < -0.39 is 11.7 Å². The Morgan fingerprint density at radius 1 is 1.03 bits per heavy atom. The van der Waals surface area contributed by atoms with Gasteiger partial charge in [0, 0.05) is 23.5 Å². The molecule has 0 aliphatic heterocycles. The highest BCUT2D eigenvalue weighted by molar-refractivity contribution is 7.99. The summed E-state index contributed by atoms with van der Waals surface area (Å²) >= 11 is 1.41. The fourth-order valence-electron chi connectivity index (χ4n) is 4.15. The Hall–Kier alpha value is -2.21. The van der Waals surface area contributed by atoms with Crippen LogP contribution in [-0.2, 0) is 23.8 Å². The largest absolute Gasteiger partial charge is 0.512 e.